The van der Waals surface area contributed by atoms with Crippen LogP contribution in [0.3, 0.4) is 0 Å². The van der Waals surface area contributed by atoms with E-state index in [0.29, 0.717) is 24.6 Å². The third-order valence-corrected chi connectivity index (χ3v) is 4.17. The third-order valence-electron chi connectivity index (χ3n) is 3.84. The number of ether oxygens (including phenoxy) is 1. The lowest BCUT2D eigenvalue weighted by atomic mass is 10.1. The first-order valence-corrected chi connectivity index (χ1v) is 8.26. The number of carbonyl (C=O) groups excluding carboxylic acids is 1. The molecule has 1 atom stereocenters. The molecule has 8 nitrogen and oxygen atoms in total. The highest BCUT2D eigenvalue weighted by atomic mass is 35.5. The lowest BCUT2D eigenvalue weighted by Crippen LogP contribution is -2.42. The van der Waals surface area contributed by atoms with Gasteiger partial charge in [0.15, 0.2) is 0 Å². The number of aryl methyl sites for hydroxylation is 1. The fourth-order valence-electron chi connectivity index (χ4n) is 2.52. The zero-order valence-electron chi connectivity index (χ0n) is 13.3. The van der Waals surface area contributed by atoms with Crippen LogP contribution in [0, 0.1) is 0 Å². The molecule has 0 radical (unpaired) electrons. The second kappa shape index (κ2) is 7.52. The van der Waals surface area contributed by atoms with Crippen LogP contribution in [0.15, 0.2) is 24.4 Å². The molecule has 2 heterocycles. The van der Waals surface area contributed by atoms with Crippen molar-refractivity contribution in [2.75, 3.05) is 6.61 Å². The fraction of sp³-hybridized carbons (Fsp3) is 0.375. The second-order valence-corrected chi connectivity index (χ2v) is 6.15. The van der Waals surface area contributed by atoms with Crippen LogP contribution in [0.1, 0.15) is 28.9 Å². The van der Waals surface area contributed by atoms with Gasteiger partial charge in [-0.05, 0) is 31.0 Å². The maximum absolute atomic E-state index is 12.5. The van der Waals surface area contributed by atoms with Crippen LogP contribution in [0.25, 0.3) is 0 Å². The summed E-state index contributed by atoms with van der Waals surface area (Å²) in [5, 5.41) is 20.0. The molecule has 4 bridgehead atoms. The second-order valence-electron chi connectivity index (χ2n) is 5.74. The largest absolute Gasteiger partial charge is 0.494 e. The standard InChI is InChI=1S/C16H17ClN4O4/c17-13-4-3-11-8-12(13)15(22)18-14(16(23)24)7-10-9-21(20-19-10)5-1-2-6-25-11/h3-4,8-9,14H,1-2,5-7H2,(H,18,22)(H,23,24)/t14-/m0/s1. The van der Waals surface area contributed by atoms with Crippen LogP contribution in [-0.2, 0) is 17.8 Å². The SMILES string of the molecule is O=C1N[C@H](C(=O)O)Cc2cn(nn2)CCCCOc2ccc(Cl)c1c2. The molecule has 2 N–H and O–H groups in total. The number of nitrogens with one attached hydrogen (secondary N) is 1. The van der Waals surface area contributed by atoms with Crippen LogP contribution in [0.5, 0.6) is 5.75 Å². The first-order chi connectivity index (χ1) is 12.0. The minimum absolute atomic E-state index is 0.0366. The molecule has 3 rings (SSSR count). The quantitative estimate of drug-likeness (QED) is 0.794. The molecule has 0 unspecified atom stereocenters. The molecule has 1 amide bonds. The molecule has 0 aliphatic carbocycles. The zero-order chi connectivity index (χ0) is 17.8. The monoisotopic (exact) mass is 364 g/mol. The number of nitrogens with zero attached hydrogens (tertiary/aromatic N) is 3. The molecule has 0 saturated carbocycles. The minimum atomic E-state index is -1.16. The van der Waals surface area contributed by atoms with E-state index in [1.807, 2.05) is 0 Å². The van der Waals surface area contributed by atoms with Crippen molar-refractivity contribution in [3.05, 3.63) is 40.7 Å². The lowest BCUT2D eigenvalue weighted by Gasteiger charge is -2.14. The summed E-state index contributed by atoms with van der Waals surface area (Å²) in [6.45, 7) is 1.15. The van der Waals surface area contributed by atoms with Crippen molar-refractivity contribution in [1.29, 1.82) is 0 Å². The van der Waals surface area contributed by atoms with E-state index >= 15 is 0 Å². The Morgan fingerprint density at radius 1 is 1.40 bits per heavy atom. The number of amides is 1. The van der Waals surface area contributed by atoms with Crippen LogP contribution in [0.4, 0.5) is 0 Å². The van der Waals surface area contributed by atoms with Crippen molar-refractivity contribution in [3.8, 4) is 5.75 Å². The van der Waals surface area contributed by atoms with Gasteiger partial charge >= 0.3 is 5.97 Å². The molecule has 1 aromatic heterocycles. The number of carbonyl (C=O) groups is 2. The van der Waals surface area contributed by atoms with Gasteiger partial charge in [0.1, 0.15) is 11.8 Å². The summed E-state index contributed by atoms with van der Waals surface area (Å²) in [6.07, 6.45) is 3.37. The first kappa shape index (κ1) is 17.2. The van der Waals surface area contributed by atoms with Gasteiger partial charge in [-0.2, -0.15) is 0 Å². The van der Waals surface area contributed by atoms with Crippen LogP contribution >= 0.6 is 11.6 Å². The van der Waals surface area contributed by atoms with Crippen LogP contribution in [-0.4, -0.2) is 44.6 Å². The summed E-state index contributed by atoms with van der Waals surface area (Å²) in [7, 11) is 0. The number of carboxylic acid groups (broad SMARTS) is 1. The van der Waals surface area contributed by atoms with Crippen LogP contribution in [0.2, 0.25) is 5.02 Å². The Morgan fingerprint density at radius 2 is 2.24 bits per heavy atom. The zero-order valence-corrected chi connectivity index (χ0v) is 14.1. The topological polar surface area (TPSA) is 106 Å². The number of hydrogen-bond donors (Lipinski definition) is 2. The number of halogens is 1. The summed E-state index contributed by atoms with van der Waals surface area (Å²) >= 11 is 6.08. The third kappa shape index (κ3) is 4.27. The Bertz CT molecular complexity index is 792. The number of aromatic nitrogens is 3. The van der Waals surface area contributed by atoms with Crippen LogP contribution < -0.4 is 10.1 Å². The van der Waals surface area contributed by atoms with E-state index in [1.54, 1.807) is 23.0 Å². The van der Waals surface area contributed by atoms with Crippen molar-refractivity contribution in [3.63, 3.8) is 0 Å². The average Bonchev–Trinajstić information content (AvgIpc) is 3.01. The molecular weight excluding hydrogens is 348 g/mol. The molecule has 2 aromatic rings. The summed E-state index contributed by atoms with van der Waals surface area (Å²) in [5.41, 5.74) is 0.669. The summed E-state index contributed by atoms with van der Waals surface area (Å²) in [6, 6.07) is 3.62. The van der Waals surface area contributed by atoms with Gasteiger partial charge in [-0.3, -0.25) is 9.48 Å². The van der Waals surface area contributed by atoms with Crippen molar-refractivity contribution >= 4 is 23.5 Å². The molecule has 0 fully saturated rings. The van der Waals surface area contributed by atoms with Gasteiger partial charge < -0.3 is 15.2 Å². The molecule has 0 saturated heterocycles. The highest BCUT2D eigenvalue weighted by molar-refractivity contribution is 6.34. The highest BCUT2D eigenvalue weighted by Gasteiger charge is 2.24. The van der Waals surface area contributed by atoms with Gasteiger partial charge in [0.25, 0.3) is 5.91 Å². The Balaban J connectivity index is 1.90. The average molecular weight is 365 g/mol. The van der Waals surface area contributed by atoms with E-state index in [4.69, 9.17) is 16.3 Å². The van der Waals surface area contributed by atoms with E-state index in [2.05, 4.69) is 15.6 Å². The Labute approximate surface area is 148 Å². The maximum Gasteiger partial charge on any atom is 0.326 e. The van der Waals surface area contributed by atoms with E-state index < -0.39 is 17.9 Å². The molecule has 1 aliphatic rings. The highest BCUT2D eigenvalue weighted by Crippen LogP contribution is 2.23. The van der Waals surface area contributed by atoms with E-state index in [1.165, 1.54) is 6.07 Å². The van der Waals surface area contributed by atoms with E-state index in [9.17, 15) is 14.7 Å². The smallest absolute Gasteiger partial charge is 0.326 e. The normalized spacial score (nSPS) is 18.4. The number of hydrogen-bond acceptors (Lipinski definition) is 5. The molecule has 25 heavy (non-hydrogen) atoms. The Morgan fingerprint density at radius 3 is 3.04 bits per heavy atom. The molecular formula is C16H17ClN4O4. The molecule has 1 aliphatic heterocycles. The Hall–Kier alpha value is -2.61. The number of benzene rings is 1. The van der Waals surface area contributed by atoms with E-state index in [0.717, 1.165) is 12.8 Å². The van der Waals surface area contributed by atoms with Gasteiger partial charge in [0, 0.05) is 19.2 Å². The summed E-state index contributed by atoms with van der Waals surface area (Å²) in [5.74, 6) is -1.22. The van der Waals surface area contributed by atoms with Gasteiger partial charge in [0.2, 0.25) is 0 Å². The number of rotatable bonds is 1. The lowest BCUT2D eigenvalue weighted by molar-refractivity contribution is -0.139. The predicted octanol–water partition coefficient (Wildman–Crippen LogP) is 1.53. The Kier molecular flexibility index (Phi) is 5.18. The van der Waals surface area contributed by atoms with Crippen molar-refractivity contribution < 1.29 is 19.4 Å². The van der Waals surface area contributed by atoms with Crippen molar-refractivity contribution in [2.24, 2.45) is 0 Å². The van der Waals surface area contributed by atoms with Gasteiger partial charge in [0.05, 0.1) is 22.9 Å². The number of aliphatic carboxylic acids is 1. The maximum atomic E-state index is 12.5. The van der Waals surface area contributed by atoms with Gasteiger partial charge in [-0.1, -0.05) is 16.8 Å². The first-order valence-electron chi connectivity index (χ1n) is 7.88. The summed E-state index contributed by atoms with van der Waals surface area (Å²) < 4.78 is 7.30. The molecule has 1 aromatic carbocycles. The van der Waals surface area contributed by atoms with Gasteiger partial charge in [-0.25, -0.2) is 4.79 Å². The van der Waals surface area contributed by atoms with Gasteiger partial charge in [-0.15, -0.1) is 5.10 Å². The fourth-order valence-corrected chi connectivity index (χ4v) is 2.72. The molecule has 132 valence electrons. The minimum Gasteiger partial charge on any atom is -0.494 e. The molecule has 9 heteroatoms. The van der Waals surface area contributed by atoms with Crippen molar-refractivity contribution in [1.82, 2.24) is 20.3 Å². The molecule has 0 spiro atoms. The van der Waals surface area contributed by atoms with Crippen molar-refractivity contribution in [2.45, 2.75) is 31.8 Å². The predicted molar refractivity (Wildman–Crippen MR) is 88.8 cm³/mol. The number of fused-ring (bicyclic) bond motifs is 4. The number of carboxylic acids is 1. The summed E-state index contributed by atoms with van der Waals surface area (Å²) in [4.78, 5) is 24.0. The van der Waals surface area contributed by atoms with E-state index in [-0.39, 0.29) is 17.0 Å².